The maximum absolute atomic E-state index is 13.7. The fourth-order valence-electron chi connectivity index (χ4n) is 3.37. The van der Waals surface area contributed by atoms with Gasteiger partial charge in [0.2, 0.25) is 0 Å². The molecule has 182 valence electrons. The van der Waals surface area contributed by atoms with Crippen LogP contribution in [0.25, 0.3) is 0 Å². The van der Waals surface area contributed by atoms with E-state index in [1.165, 1.54) is 0 Å². The number of hydrogen-bond donors (Lipinski definition) is 4. The summed E-state index contributed by atoms with van der Waals surface area (Å²) in [5.41, 5.74) is 2.64. The Bertz CT molecular complexity index is 1060. The van der Waals surface area contributed by atoms with E-state index in [0.717, 1.165) is 23.5 Å². The molecule has 0 aliphatic heterocycles. The number of alkyl halides is 3. The minimum atomic E-state index is -4.52. The Morgan fingerprint density at radius 1 is 0.676 bits per heavy atom. The molecule has 0 saturated heterocycles. The maximum atomic E-state index is 13.7. The van der Waals surface area contributed by atoms with Gasteiger partial charge in [0.1, 0.15) is 0 Å². The molecule has 6 nitrogen and oxygen atoms in total. The lowest BCUT2D eigenvalue weighted by atomic mass is 10.1. The molecule has 3 rings (SSSR count). The van der Waals surface area contributed by atoms with Crippen molar-refractivity contribution in [1.29, 1.82) is 0 Å². The SMILES string of the molecule is Cc1ccc(NC(C)C)c(Nc2cc(Nc3nc(C)ccc3NC(C)C)cc(C(F)(F)F)c2)n1. The molecule has 0 unspecified atom stereocenters. The van der Waals surface area contributed by atoms with Gasteiger partial charge in [0.05, 0.1) is 16.9 Å². The first kappa shape index (κ1) is 25.1. The van der Waals surface area contributed by atoms with Crippen LogP contribution in [0.5, 0.6) is 0 Å². The van der Waals surface area contributed by atoms with Gasteiger partial charge in [-0.3, -0.25) is 0 Å². The van der Waals surface area contributed by atoms with Crippen molar-refractivity contribution in [2.75, 3.05) is 21.3 Å². The molecule has 0 aliphatic carbocycles. The lowest BCUT2D eigenvalue weighted by Crippen LogP contribution is -2.13. The Morgan fingerprint density at radius 3 is 1.44 bits per heavy atom. The summed E-state index contributed by atoms with van der Waals surface area (Å²) in [4.78, 5) is 8.98. The first-order valence-electron chi connectivity index (χ1n) is 11.2. The molecular formula is C25H31F3N6. The normalized spacial score (nSPS) is 11.6. The van der Waals surface area contributed by atoms with Crippen molar-refractivity contribution >= 4 is 34.4 Å². The van der Waals surface area contributed by atoms with Gasteiger partial charge in [0.25, 0.3) is 0 Å². The van der Waals surface area contributed by atoms with Gasteiger partial charge in [-0.25, -0.2) is 9.97 Å². The molecular weight excluding hydrogens is 441 g/mol. The molecule has 0 radical (unpaired) electrons. The largest absolute Gasteiger partial charge is 0.416 e. The fourth-order valence-corrected chi connectivity index (χ4v) is 3.37. The van der Waals surface area contributed by atoms with Gasteiger partial charge in [0.15, 0.2) is 11.6 Å². The lowest BCUT2D eigenvalue weighted by Gasteiger charge is -2.19. The van der Waals surface area contributed by atoms with E-state index in [2.05, 4.69) is 31.2 Å². The molecule has 3 aromatic rings. The van der Waals surface area contributed by atoms with Crippen LogP contribution in [-0.4, -0.2) is 22.1 Å². The molecule has 0 aliphatic rings. The van der Waals surface area contributed by atoms with Crippen LogP contribution >= 0.6 is 0 Å². The number of anilines is 6. The minimum Gasteiger partial charge on any atom is -0.380 e. The van der Waals surface area contributed by atoms with E-state index in [1.807, 2.05) is 65.8 Å². The predicted octanol–water partition coefficient (Wildman–Crippen LogP) is 7.24. The second kappa shape index (κ2) is 10.2. The molecule has 2 heterocycles. The summed E-state index contributed by atoms with van der Waals surface area (Å²) in [6.07, 6.45) is -4.52. The summed E-state index contributed by atoms with van der Waals surface area (Å²) in [6, 6.07) is 11.4. The van der Waals surface area contributed by atoms with Crippen molar-refractivity contribution in [1.82, 2.24) is 9.97 Å². The van der Waals surface area contributed by atoms with Crippen LogP contribution in [-0.2, 0) is 6.18 Å². The molecule has 0 fully saturated rings. The van der Waals surface area contributed by atoms with Crippen LogP contribution in [0.2, 0.25) is 0 Å². The second-order valence-corrected chi connectivity index (χ2v) is 8.84. The highest BCUT2D eigenvalue weighted by molar-refractivity contribution is 5.77. The highest BCUT2D eigenvalue weighted by Crippen LogP contribution is 2.36. The quantitative estimate of drug-likeness (QED) is 0.277. The lowest BCUT2D eigenvalue weighted by molar-refractivity contribution is -0.137. The third-order valence-electron chi connectivity index (χ3n) is 4.74. The molecule has 2 aromatic heterocycles. The van der Waals surface area contributed by atoms with Crippen molar-refractivity contribution in [2.45, 2.75) is 59.8 Å². The first-order valence-corrected chi connectivity index (χ1v) is 11.2. The number of halogens is 3. The third-order valence-corrected chi connectivity index (χ3v) is 4.74. The number of nitrogens with zero attached hydrogens (tertiary/aromatic N) is 2. The van der Waals surface area contributed by atoms with E-state index in [0.29, 0.717) is 23.0 Å². The number of pyridine rings is 2. The third kappa shape index (κ3) is 6.76. The van der Waals surface area contributed by atoms with E-state index in [-0.39, 0.29) is 23.5 Å². The molecule has 1 aromatic carbocycles. The topological polar surface area (TPSA) is 73.9 Å². The monoisotopic (exact) mass is 472 g/mol. The average Bonchev–Trinajstić information content (AvgIpc) is 2.71. The summed E-state index contributed by atoms with van der Waals surface area (Å²) in [6.45, 7) is 11.6. The van der Waals surface area contributed by atoms with Gasteiger partial charge in [-0.1, -0.05) is 0 Å². The highest BCUT2D eigenvalue weighted by atomic mass is 19.4. The smallest absolute Gasteiger partial charge is 0.380 e. The highest BCUT2D eigenvalue weighted by Gasteiger charge is 2.31. The number of aryl methyl sites for hydroxylation is 2. The summed E-state index contributed by atoms with van der Waals surface area (Å²) in [7, 11) is 0. The summed E-state index contributed by atoms with van der Waals surface area (Å²) < 4.78 is 41.2. The molecule has 0 amide bonds. The van der Waals surface area contributed by atoms with Crippen molar-refractivity contribution in [3.63, 3.8) is 0 Å². The summed E-state index contributed by atoms with van der Waals surface area (Å²) in [5, 5.41) is 12.7. The molecule has 0 spiro atoms. The van der Waals surface area contributed by atoms with Crippen LogP contribution in [0.15, 0.2) is 42.5 Å². The molecule has 0 saturated carbocycles. The molecule has 0 bridgehead atoms. The zero-order valence-electron chi connectivity index (χ0n) is 20.2. The van der Waals surface area contributed by atoms with Crippen LogP contribution in [0, 0.1) is 13.8 Å². The van der Waals surface area contributed by atoms with Gasteiger partial charge in [-0.2, -0.15) is 13.2 Å². The predicted molar refractivity (Wildman–Crippen MR) is 133 cm³/mol. The molecule has 4 N–H and O–H groups in total. The van der Waals surface area contributed by atoms with Gasteiger partial charge < -0.3 is 21.3 Å². The average molecular weight is 473 g/mol. The molecule has 9 heteroatoms. The van der Waals surface area contributed by atoms with Crippen LogP contribution in [0.3, 0.4) is 0 Å². The van der Waals surface area contributed by atoms with E-state index in [9.17, 15) is 13.2 Å². The van der Waals surface area contributed by atoms with Gasteiger partial charge in [0, 0.05) is 34.8 Å². The van der Waals surface area contributed by atoms with Crippen LogP contribution < -0.4 is 21.3 Å². The Balaban J connectivity index is 2.03. The number of nitrogens with one attached hydrogen (secondary N) is 4. The zero-order valence-corrected chi connectivity index (χ0v) is 20.2. The Labute approximate surface area is 198 Å². The van der Waals surface area contributed by atoms with E-state index in [4.69, 9.17) is 0 Å². The van der Waals surface area contributed by atoms with E-state index >= 15 is 0 Å². The maximum Gasteiger partial charge on any atom is 0.416 e. The van der Waals surface area contributed by atoms with E-state index < -0.39 is 11.7 Å². The molecule has 34 heavy (non-hydrogen) atoms. The van der Waals surface area contributed by atoms with Crippen molar-refractivity contribution in [3.8, 4) is 0 Å². The number of benzene rings is 1. The van der Waals surface area contributed by atoms with Crippen LogP contribution in [0.4, 0.5) is 47.6 Å². The first-order chi connectivity index (χ1) is 15.9. The van der Waals surface area contributed by atoms with Crippen molar-refractivity contribution in [3.05, 3.63) is 59.4 Å². The zero-order chi connectivity index (χ0) is 25.0. The van der Waals surface area contributed by atoms with Gasteiger partial charge in [-0.05, 0) is 84.0 Å². The summed E-state index contributed by atoms with van der Waals surface area (Å²) in [5.74, 6) is 0.907. The second-order valence-electron chi connectivity index (χ2n) is 8.84. The van der Waals surface area contributed by atoms with E-state index in [1.54, 1.807) is 6.07 Å². The van der Waals surface area contributed by atoms with Crippen LogP contribution in [0.1, 0.15) is 44.6 Å². The minimum absolute atomic E-state index is 0.128. The van der Waals surface area contributed by atoms with Gasteiger partial charge >= 0.3 is 6.18 Å². The Kier molecular flexibility index (Phi) is 7.54. The number of aromatic nitrogens is 2. The fraction of sp³-hybridized carbons (Fsp3) is 0.360. The van der Waals surface area contributed by atoms with Crippen molar-refractivity contribution in [2.24, 2.45) is 0 Å². The number of rotatable bonds is 8. The van der Waals surface area contributed by atoms with Gasteiger partial charge in [-0.15, -0.1) is 0 Å². The Hall–Kier alpha value is -3.49. The standard InChI is InChI=1S/C25H31F3N6/c1-14(2)29-21-9-7-16(5)31-23(21)33-19-11-18(25(26,27)28)12-20(13-19)34-24-22(30-15(3)4)10-8-17(6)32-24/h7-15,29-30H,1-6H3,(H,31,33)(H,32,34). The summed E-state index contributed by atoms with van der Waals surface area (Å²) >= 11 is 0. The van der Waals surface area contributed by atoms with Crippen molar-refractivity contribution < 1.29 is 13.2 Å². The molecule has 0 atom stereocenters. The number of hydrogen-bond acceptors (Lipinski definition) is 6. The Morgan fingerprint density at radius 2 is 1.09 bits per heavy atom.